The van der Waals surface area contributed by atoms with E-state index >= 15 is 0 Å². The SMILES string of the molecule is N#CC1=C(N)N(c2cccnc2)C2=C(C(=O)CCC2)C1c1ccc([N+](=O)[O-])s1. The molecule has 0 amide bonds. The van der Waals surface area contributed by atoms with Crippen LogP contribution in [-0.2, 0) is 4.79 Å². The number of pyridine rings is 1. The van der Waals surface area contributed by atoms with Gasteiger partial charge < -0.3 is 5.73 Å². The summed E-state index contributed by atoms with van der Waals surface area (Å²) in [5.74, 6) is -0.513. The minimum absolute atomic E-state index is 0.0361. The van der Waals surface area contributed by atoms with Crippen LogP contribution in [0.15, 0.2) is 59.3 Å². The van der Waals surface area contributed by atoms with Crippen LogP contribution in [0.2, 0.25) is 0 Å². The van der Waals surface area contributed by atoms with Crippen LogP contribution in [0.4, 0.5) is 10.7 Å². The quantitative estimate of drug-likeness (QED) is 0.626. The Bertz CT molecular complexity index is 1080. The van der Waals surface area contributed by atoms with Crippen molar-refractivity contribution in [1.29, 1.82) is 5.26 Å². The van der Waals surface area contributed by atoms with E-state index in [1.807, 2.05) is 6.07 Å². The van der Waals surface area contributed by atoms with Crippen molar-refractivity contribution in [3.63, 3.8) is 0 Å². The van der Waals surface area contributed by atoms with E-state index in [2.05, 4.69) is 11.1 Å². The minimum atomic E-state index is -0.681. The van der Waals surface area contributed by atoms with E-state index in [9.17, 15) is 20.2 Å². The number of aromatic nitrogens is 1. The lowest BCUT2D eigenvalue weighted by Crippen LogP contribution is -2.38. The molecule has 0 radical (unpaired) electrons. The van der Waals surface area contributed by atoms with Gasteiger partial charge in [-0.3, -0.25) is 24.8 Å². The number of allylic oxidation sites excluding steroid dienone is 3. The Morgan fingerprint density at radius 1 is 1.36 bits per heavy atom. The number of anilines is 1. The largest absolute Gasteiger partial charge is 0.384 e. The summed E-state index contributed by atoms with van der Waals surface area (Å²) in [6, 6.07) is 8.71. The maximum atomic E-state index is 12.9. The Hall–Kier alpha value is -3.51. The number of carbonyl (C=O) groups excluding carboxylic acids is 1. The van der Waals surface area contributed by atoms with Gasteiger partial charge in [0, 0.05) is 34.8 Å². The number of ketones is 1. The Kier molecular flexibility index (Phi) is 4.41. The molecule has 1 aliphatic carbocycles. The Balaban J connectivity index is 1.95. The number of nitrogens with zero attached hydrogens (tertiary/aromatic N) is 4. The highest BCUT2D eigenvalue weighted by Gasteiger charge is 2.41. The highest BCUT2D eigenvalue weighted by Crippen LogP contribution is 2.48. The Morgan fingerprint density at radius 3 is 2.82 bits per heavy atom. The van der Waals surface area contributed by atoms with Crippen LogP contribution in [0.25, 0.3) is 0 Å². The van der Waals surface area contributed by atoms with Crippen LogP contribution in [0.5, 0.6) is 0 Å². The van der Waals surface area contributed by atoms with Gasteiger partial charge in [-0.2, -0.15) is 5.26 Å². The third kappa shape index (κ3) is 2.75. The van der Waals surface area contributed by atoms with Crippen molar-refractivity contribution in [3.8, 4) is 6.07 Å². The van der Waals surface area contributed by atoms with Gasteiger partial charge in [-0.15, -0.1) is 0 Å². The fraction of sp³-hybridized carbons (Fsp3) is 0.211. The zero-order valence-corrected chi connectivity index (χ0v) is 15.5. The van der Waals surface area contributed by atoms with Gasteiger partial charge >= 0.3 is 5.00 Å². The van der Waals surface area contributed by atoms with Crippen LogP contribution in [0.3, 0.4) is 0 Å². The number of Topliss-reactive ketones (excluding diaryl/α,β-unsaturated/α-hetero) is 1. The molecule has 2 aromatic rings. The molecule has 0 aromatic carbocycles. The van der Waals surface area contributed by atoms with E-state index in [4.69, 9.17) is 5.73 Å². The van der Waals surface area contributed by atoms with E-state index in [1.165, 1.54) is 6.07 Å². The minimum Gasteiger partial charge on any atom is -0.384 e. The van der Waals surface area contributed by atoms with Gasteiger partial charge in [-0.05, 0) is 31.0 Å². The van der Waals surface area contributed by atoms with Crippen molar-refractivity contribution in [2.24, 2.45) is 5.73 Å². The van der Waals surface area contributed by atoms with Crippen LogP contribution in [0.1, 0.15) is 30.1 Å². The maximum Gasteiger partial charge on any atom is 0.324 e. The summed E-state index contributed by atoms with van der Waals surface area (Å²) >= 11 is 0.966. The molecule has 1 aliphatic heterocycles. The van der Waals surface area contributed by atoms with Gasteiger partial charge in [0.1, 0.15) is 5.82 Å². The second-order valence-electron chi connectivity index (χ2n) is 6.46. The number of nitriles is 1. The first-order chi connectivity index (χ1) is 13.5. The average Bonchev–Trinajstić information content (AvgIpc) is 3.18. The number of hydrogen-bond acceptors (Lipinski definition) is 8. The van der Waals surface area contributed by atoms with E-state index in [0.717, 1.165) is 17.0 Å². The van der Waals surface area contributed by atoms with E-state index in [0.29, 0.717) is 35.4 Å². The number of carbonyl (C=O) groups is 1. The number of rotatable bonds is 3. The maximum absolute atomic E-state index is 12.9. The molecule has 3 heterocycles. The molecule has 1 atom stereocenters. The second kappa shape index (κ2) is 6.90. The fourth-order valence-electron chi connectivity index (χ4n) is 3.75. The molecule has 0 fully saturated rings. The van der Waals surface area contributed by atoms with Crippen molar-refractivity contribution < 1.29 is 9.72 Å². The molecular formula is C19H15N5O3S. The van der Waals surface area contributed by atoms with Gasteiger partial charge in [0.25, 0.3) is 0 Å². The second-order valence-corrected chi connectivity index (χ2v) is 7.55. The summed E-state index contributed by atoms with van der Waals surface area (Å²) in [6.07, 6.45) is 4.94. The highest BCUT2D eigenvalue weighted by molar-refractivity contribution is 7.15. The number of thiophene rings is 1. The number of nitro groups is 1. The third-order valence-corrected chi connectivity index (χ3v) is 6.00. The lowest BCUT2D eigenvalue weighted by atomic mass is 9.78. The van der Waals surface area contributed by atoms with E-state index in [1.54, 1.807) is 29.4 Å². The van der Waals surface area contributed by atoms with Gasteiger partial charge in [0.15, 0.2) is 5.78 Å². The van der Waals surface area contributed by atoms with Gasteiger partial charge in [-0.1, -0.05) is 11.3 Å². The van der Waals surface area contributed by atoms with Gasteiger partial charge in [0.05, 0.1) is 34.4 Å². The molecule has 0 bridgehead atoms. The number of hydrogen-bond donors (Lipinski definition) is 1. The first kappa shape index (κ1) is 17.9. The molecule has 0 saturated heterocycles. The molecule has 0 spiro atoms. The third-order valence-electron chi connectivity index (χ3n) is 4.89. The lowest BCUT2D eigenvalue weighted by Gasteiger charge is -2.39. The summed E-state index contributed by atoms with van der Waals surface area (Å²) in [5.41, 5.74) is 8.52. The molecule has 28 heavy (non-hydrogen) atoms. The molecular weight excluding hydrogens is 378 g/mol. The Morgan fingerprint density at radius 2 is 2.18 bits per heavy atom. The summed E-state index contributed by atoms with van der Waals surface area (Å²) in [4.78, 5) is 29.9. The predicted octanol–water partition coefficient (Wildman–Crippen LogP) is 3.36. The van der Waals surface area contributed by atoms with E-state index < -0.39 is 10.8 Å². The molecule has 2 aliphatic rings. The highest BCUT2D eigenvalue weighted by atomic mass is 32.1. The Labute approximate surface area is 164 Å². The van der Waals surface area contributed by atoms with Crippen molar-refractivity contribution in [3.05, 3.63) is 74.3 Å². The molecule has 8 nitrogen and oxygen atoms in total. The lowest BCUT2D eigenvalue weighted by molar-refractivity contribution is -0.380. The monoisotopic (exact) mass is 393 g/mol. The molecule has 2 aromatic heterocycles. The predicted molar refractivity (Wildman–Crippen MR) is 103 cm³/mol. The summed E-state index contributed by atoms with van der Waals surface area (Å²) < 4.78 is 0. The fourth-order valence-corrected chi connectivity index (χ4v) is 4.69. The van der Waals surface area contributed by atoms with Crippen molar-refractivity contribution in [1.82, 2.24) is 4.98 Å². The van der Waals surface area contributed by atoms with Crippen molar-refractivity contribution in [2.45, 2.75) is 25.2 Å². The summed E-state index contributed by atoms with van der Waals surface area (Å²) in [5, 5.41) is 20.9. The first-order valence-corrected chi connectivity index (χ1v) is 9.44. The average molecular weight is 393 g/mol. The van der Waals surface area contributed by atoms with Crippen LogP contribution in [0, 0.1) is 21.4 Å². The van der Waals surface area contributed by atoms with Crippen LogP contribution in [-0.4, -0.2) is 15.7 Å². The molecule has 2 N–H and O–H groups in total. The molecule has 0 saturated carbocycles. The van der Waals surface area contributed by atoms with Crippen molar-refractivity contribution in [2.75, 3.05) is 4.90 Å². The zero-order valence-electron chi connectivity index (χ0n) is 14.7. The van der Waals surface area contributed by atoms with Crippen molar-refractivity contribution >= 4 is 27.8 Å². The molecule has 9 heteroatoms. The van der Waals surface area contributed by atoms with Gasteiger partial charge in [0.2, 0.25) is 0 Å². The van der Waals surface area contributed by atoms with Crippen LogP contribution < -0.4 is 10.6 Å². The normalized spacial score (nSPS) is 19.5. The first-order valence-electron chi connectivity index (χ1n) is 8.63. The number of nitrogens with two attached hydrogens (primary N) is 1. The smallest absolute Gasteiger partial charge is 0.324 e. The zero-order chi connectivity index (χ0) is 19.8. The van der Waals surface area contributed by atoms with Crippen LogP contribution >= 0.6 is 11.3 Å². The molecule has 1 unspecified atom stereocenters. The standard InChI is InChI=1S/C19H15N5O3S/c20-9-12-17(15-6-7-16(28-15)24(26)27)18-13(4-1-5-14(18)25)23(19(12)21)11-3-2-8-22-10-11/h2-3,6-8,10,17H,1,4-5,21H2. The topological polar surface area (TPSA) is 126 Å². The summed E-state index contributed by atoms with van der Waals surface area (Å²) in [7, 11) is 0. The summed E-state index contributed by atoms with van der Waals surface area (Å²) in [6.45, 7) is 0. The molecule has 4 rings (SSSR count). The van der Waals surface area contributed by atoms with Gasteiger partial charge in [-0.25, -0.2) is 0 Å². The van der Waals surface area contributed by atoms with E-state index in [-0.39, 0.29) is 22.2 Å². The molecule has 140 valence electrons.